The molecule has 1 fully saturated rings. The van der Waals surface area contributed by atoms with Gasteiger partial charge in [0.2, 0.25) is 5.91 Å². The number of imidazole rings is 1. The van der Waals surface area contributed by atoms with Crippen LogP contribution < -0.4 is 5.32 Å². The van der Waals surface area contributed by atoms with Gasteiger partial charge in [-0.05, 0) is 44.0 Å². The molecule has 0 unspecified atom stereocenters. The zero-order chi connectivity index (χ0) is 17.6. The topological polar surface area (TPSA) is 70.4 Å². The van der Waals surface area contributed by atoms with Crippen molar-refractivity contribution in [3.05, 3.63) is 48.5 Å². The van der Waals surface area contributed by atoms with Crippen LogP contribution in [0.15, 0.2) is 42.7 Å². The number of hydrogen-bond donors (Lipinski definition) is 2. The number of hydrogen-bond acceptors (Lipinski definition) is 4. The molecule has 1 atom stereocenters. The van der Waals surface area contributed by atoms with E-state index in [1.54, 1.807) is 6.20 Å². The van der Waals surface area contributed by atoms with Crippen molar-refractivity contribution >= 4 is 11.6 Å². The highest BCUT2D eigenvalue weighted by atomic mass is 16.3. The number of aliphatic hydroxyl groups is 1. The van der Waals surface area contributed by atoms with Crippen LogP contribution in [-0.4, -0.2) is 45.1 Å². The highest BCUT2D eigenvalue weighted by Crippen LogP contribution is 2.29. The number of amides is 1. The number of benzene rings is 1. The molecule has 1 saturated heterocycles. The number of nitrogens with zero attached hydrogens (tertiary/aromatic N) is 3. The van der Waals surface area contributed by atoms with Crippen molar-refractivity contribution in [1.29, 1.82) is 0 Å². The number of nitrogens with one attached hydrogen (secondary N) is 1. The number of anilines is 1. The maximum atomic E-state index is 12.0. The lowest BCUT2D eigenvalue weighted by atomic mass is 9.90. The van der Waals surface area contributed by atoms with E-state index in [0.717, 1.165) is 44.0 Å². The number of carbonyl (C=O) groups is 1. The van der Waals surface area contributed by atoms with Gasteiger partial charge in [0.05, 0.1) is 0 Å². The van der Waals surface area contributed by atoms with Crippen LogP contribution in [0, 0.1) is 5.92 Å². The number of piperidine rings is 1. The van der Waals surface area contributed by atoms with Crippen LogP contribution in [0.25, 0.3) is 0 Å². The van der Waals surface area contributed by atoms with Crippen molar-refractivity contribution < 1.29 is 9.90 Å². The third-order valence-electron chi connectivity index (χ3n) is 4.91. The maximum Gasteiger partial charge on any atom is 0.225 e. The molecule has 6 nitrogen and oxygen atoms in total. The van der Waals surface area contributed by atoms with Crippen LogP contribution in [-0.2, 0) is 11.8 Å². The summed E-state index contributed by atoms with van der Waals surface area (Å²) < 4.78 is 1.88. The molecule has 1 aromatic heterocycles. The summed E-state index contributed by atoms with van der Waals surface area (Å²) in [6.45, 7) is 2.57. The van der Waals surface area contributed by atoms with Gasteiger partial charge < -0.3 is 19.9 Å². The lowest BCUT2D eigenvalue weighted by molar-refractivity contribution is -0.116. The number of aryl methyl sites for hydroxylation is 1. The predicted octanol–water partition coefficient (Wildman–Crippen LogP) is 2.19. The van der Waals surface area contributed by atoms with Gasteiger partial charge in [0, 0.05) is 38.1 Å². The molecule has 1 aromatic carbocycles. The van der Waals surface area contributed by atoms with Crippen LogP contribution in [0.3, 0.4) is 0 Å². The smallest absolute Gasteiger partial charge is 0.225 e. The Kier molecular flexibility index (Phi) is 5.83. The van der Waals surface area contributed by atoms with Crippen LogP contribution >= 0.6 is 0 Å². The van der Waals surface area contributed by atoms with Gasteiger partial charge >= 0.3 is 0 Å². The first-order chi connectivity index (χ1) is 12.1. The van der Waals surface area contributed by atoms with Gasteiger partial charge in [-0.2, -0.15) is 0 Å². The quantitative estimate of drug-likeness (QED) is 0.844. The molecule has 1 amide bonds. The second kappa shape index (κ2) is 8.27. The SMILES string of the molecule is Cn1ccnc1[C@@H](O)C1CCN(CCC(=O)Nc2ccccc2)CC1. The Bertz CT molecular complexity index is 678. The number of aliphatic hydroxyl groups excluding tert-OH is 1. The molecule has 1 aliphatic rings. The molecule has 0 spiro atoms. The molecule has 0 aliphatic carbocycles. The summed E-state index contributed by atoms with van der Waals surface area (Å²) in [5, 5.41) is 13.4. The van der Waals surface area contributed by atoms with Crippen LogP contribution in [0.5, 0.6) is 0 Å². The molecule has 1 aliphatic heterocycles. The van der Waals surface area contributed by atoms with Gasteiger partial charge in [-0.1, -0.05) is 18.2 Å². The zero-order valence-electron chi connectivity index (χ0n) is 14.6. The molecule has 25 heavy (non-hydrogen) atoms. The molecule has 2 heterocycles. The molecule has 3 rings (SSSR count). The third-order valence-corrected chi connectivity index (χ3v) is 4.91. The Hall–Kier alpha value is -2.18. The van der Waals surface area contributed by atoms with E-state index in [1.165, 1.54) is 0 Å². The van der Waals surface area contributed by atoms with Crippen molar-refractivity contribution in [3.8, 4) is 0 Å². The Morgan fingerprint density at radius 1 is 1.32 bits per heavy atom. The fourth-order valence-corrected chi connectivity index (χ4v) is 3.37. The largest absolute Gasteiger partial charge is 0.385 e. The van der Waals surface area contributed by atoms with Gasteiger partial charge in [0.15, 0.2) is 0 Å². The minimum atomic E-state index is -0.511. The summed E-state index contributed by atoms with van der Waals surface area (Å²) in [6.07, 6.45) is 5.41. The van der Waals surface area contributed by atoms with Gasteiger partial charge in [-0.25, -0.2) is 4.98 Å². The first kappa shape index (κ1) is 17.6. The molecular formula is C19H26N4O2. The number of aromatic nitrogens is 2. The van der Waals surface area contributed by atoms with Crippen LogP contribution in [0.2, 0.25) is 0 Å². The van der Waals surface area contributed by atoms with E-state index < -0.39 is 6.10 Å². The fourth-order valence-electron chi connectivity index (χ4n) is 3.37. The lowest BCUT2D eigenvalue weighted by Crippen LogP contribution is -2.37. The summed E-state index contributed by atoms with van der Waals surface area (Å²) in [5.41, 5.74) is 0.837. The lowest BCUT2D eigenvalue weighted by Gasteiger charge is -2.33. The first-order valence-corrected chi connectivity index (χ1v) is 8.86. The van der Waals surface area contributed by atoms with Gasteiger partial charge in [0.25, 0.3) is 0 Å². The Balaban J connectivity index is 1.40. The summed E-state index contributed by atoms with van der Waals surface area (Å²) in [6, 6.07) is 9.53. The summed E-state index contributed by atoms with van der Waals surface area (Å²) >= 11 is 0. The van der Waals surface area contributed by atoms with E-state index in [1.807, 2.05) is 48.1 Å². The molecule has 0 radical (unpaired) electrons. The van der Waals surface area contributed by atoms with Crippen molar-refractivity contribution in [2.45, 2.75) is 25.4 Å². The molecule has 0 saturated carbocycles. The van der Waals surface area contributed by atoms with Gasteiger partial charge in [-0.3, -0.25) is 4.79 Å². The van der Waals surface area contributed by atoms with Crippen LogP contribution in [0.4, 0.5) is 5.69 Å². The summed E-state index contributed by atoms with van der Waals surface area (Å²) in [7, 11) is 1.91. The number of para-hydroxylation sites is 1. The maximum absolute atomic E-state index is 12.0. The Morgan fingerprint density at radius 3 is 2.68 bits per heavy atom. The molecule has 134 valence electrons. The van der Waals surface area contributed by atoms with Crippen molar-refractivity contribution in [2.75, 3.05) is 25.0 Å². The Labute approximate surface area is 148 Å². The van der Waals surface area contributed by atoms with E-state index in [2.05, 4.69) is 15.2 Å². The third kappa shape index (κ3) is 4.67. The van der Waals surface area contributed by atoms with E-state index in [9.17, 15) is 9.90 Å². The van der Waals surface area contributed by atoms with Gasteiger partial charge in [0.1, 0.15) is 11.9 Å². The zero-order valence-corrected chi connectivity index (χ0v) is 14.6. The van der Waals surface area contributed by atoms with Crippen molar-refractivity contribution in [3.63, 3.8) is 0 Å². The minimum Gasteiger partial charge on any atom is -0.385 e. The van der Waals surface area contributed by atoms with E-state index >= 15 is 0 Å². The van der Waals surface area contributed by atoms with E-state index in [-0.39, 0.29) is 11.8 Å². The van der Waals surface area contributed by atoms with E-state index in [0.29, 0.717) is 6.42 Å². The summed E-state index contributed by atoms with van der Waals surface area (Å²) in [5.74, 6) is 1.01. The molecule has 2 aromatic rings. The second-order valence-corrected chi connectivity index (χ2v) is 6.68. The van der Waals surface area contributed by atoms with Gasteiger partial charge in [-0.15, -0.1) is 0 Å². The van der Waals surface area contributed by atoms with Crippen molar-refractivity contribution in [1.82, 2.24) is 14.5 Å². The highest BCUT2D eigenvalue weighted by Gasteiger charge is 2.28. The molecular weight excluding hydrogens is 316 g/mol. The predicted molar refractivity (Wildman–Crippen MR) is 97.0 cm³/mol. The molecule has 0 bridgehead atoms. The normalized spacial score (nSPS) is 17.4. The average Bonchev–Trinajstić information content (AvgIpc) is 3.07. The first-order valence-electron chi connectivity index (χ1n) is 8.86. The standard InChI is InChI=1S/C19H26N4O2/c1-22-14-10-20-19(22)18(25)15-7-11-23(12-8-15)13-9-17(24)21-16-5-3-2-4-6-16/h2-6,10,14-15,18,25H,7-9,11-13H2,1H3,(H,21,24)/t18-/m0/s1. The summed E-state index contributed by atoms with van der Waals surface area (Å²) in [4.78, 5) is 18.6. The Morgan fingerprint density at radius 2 is 2.04 bits per heavy atom. The van der Waals surface area contributed by atoms with Crippen molar-refractivity contribution in [2.24, 2.45) is 13.0 Å². The second-order valence-electron chi connectivity index (χ2n) is 6.68. The molecule has 2 N–H and O–H groups in total. The van der Waals surface area contributed by atoms with Crippen LogP contribution in [0.1, 0.15) is 31.2 Å². The average molecular weight is 342 g/mol. The monoisotopic (exact) mass is 342 g/mol. The number of rotatable bonds is 6. The molecule has 6 heteroatoms. The minimum absolute atomic E-state index is 0.0429. The number of likely N-dealkylation sites (tertiary alicyclic amines) is 1. The number of carbonyl (C=O) groups excluding carboxylic acids is 1. The fraction of sp³-hybridized carbons (Fsp3) is 0.474. The highest BCUT2D eigenvalue weighted by molar-refractivity contribution is 5.90. The van der Waals surface area contributed by atoms with E-state index in [4.69, 9.17) is 0 Å².